The van der Waals surface area contributed by atoms with Crippen molar-refractivity contribution in [1.29, 1.82) is 0 Å². The van der Waals surface area contributed by atoms with Gasteiger partial charge in [-0.3, -0.25) is 0 Å². The van der Waals surface area contributed by atoms with Gasteiger partial charge in [0.25, 0.3) is 0 Å². The van der Waals surface area contributed by atoms with Crippen LogP contribution in [-0.2, 0) is 10.0 Å². The zero-order chi connectivity index (χ0) is 8.48. The van der Waals surface area contributed by atoms with Crippen LogP contribution in [0.3, 0.4) is 0 Å². The van der Waals surface area contributed by atoms with Gasteiger partial charge in [0, 0.05) is 19.1 Å². The van der Waals surface area contributed by atoms with Gasteiger partial charge in [0.05, 0.1) is 6.26 Å². The van der Waals surface area contributed by atoms with Gasteiger partial charge in [-0.2, -0.15) is 4.31 Å². The molecule has 2 N–H and O–H groups in total. The molecule has 1 fully saturated rings. The second kappa shape index (κ2) is 3.08. The van der Waals surface area contributed by atoms with Gasteiger partial charge in [-0.25, -0.2) is 8.42 Å². The normalized spacial score (nSPS) is 27.6. The zero-order valence-corrected chi connectivity index (χ0v) is 7.47. The van der Waals surface area contributed by atoms with Crippen molar-refractivity contribution in [2.45, 2.75) is 18.9 Å². The molecule has 4 nitrogen and oxygen atoms in total. The molecule has 1 heterocycles. The lowest BCUT2D eigenvalue weighted by atomic mass is 10.2. The monoisotopic (exact) mass is 178 g/mol. The Labute approximate surface area is 67.4 Å². The molecule has 5 heteroatoms. The van der Waals surface area contributed by atoms with Crippen molar-refractivity contribution in [2.75, 3.05) is 19.3 Å². The quantitative estimate of drug-likeness (QED) is 0.612. The molecule has 66 valence electrons. The first-order valence-electron chi connectivity index (χ1n) is 3.72. The fourth-order valence-corrected chi connectivity index (χ4v) is 2.68. The Hall–Kier alpha value is -0.130. The lowest BCUT2D eigenvalue weighted by molar-refractivity contribution is 0.396. The van der Waals surface area contributed by atoms with Crippen LogP contribution in [0.4, 0.5) is 0 Å². The van der Waals surface area contributed by atoms with Crippen molar-refractivity contribution in [3.05, 3.63) is 0 Å². The first kappa shape index (κ1) is 8.96. The predicted molar refractivity (Wildman–Crippen MR) is 43.6 cm³/mol. The van der Waals surface area contributed by atoms with Gasteiger partial charge in [-0.05, 0) is 12.8 Å². The molecule has 0 spiro atoms. The van der Waals surface area contributed by atoms with E-state index >= 15 is 0 Å². The first-order valence-corrected chi connectivity index (χ1v) is 5.57. The van der Waals surface area contributed by atoms with E-state index in [1.54, 1.807) is 0 Å². The molecule has 0 unspecified atom stereocenters. The molecule has 0 aromatic rings. The molecule has 0 aromatic carbocycles. The number of rotatable bonds is 2. The summed E-state index contributed by atoms with van der Waals surface area (Å²) in [5, 5.41) is 0. The second-order valence-corrected chi connectivity index (χ2v) is 4.84. The van der Waals surface area contributed by atoms with Crippen molar-refractivity contribution in [1.82, 2.24) is 4.31 Å². The summed E-state index contributed by atoms with van der Waals surface area (Å²) in [5.41, 5.74) is 5.41. The highest BCUT2D eigenvalue weighted by molar-refractivity contribution is 7.88. The van der Waals surface area contributed by atoms with Crippen LogP contribution in [0.2, 0.25) is 0 Å². The summed E-state index contributed by atoms with van der Waals surface area (Å²) < 4.78 is 23.6. The minimum absolute atomic E-state index is 0.0463. The van der Waals surface area contributed by atoms with Crippen LogP contribution in [0.5, 0.6) is 0 Å². The van der Waals surface area contributed by atoms with E-state index in [-0.39, 0.29) is 6.04 Å². The molecule has 1 aliphatic heterocycles. The predicted octanol–water partition coefficient (Wildman–Crippen LogP) is -0.631. The van der Waals surface area contributed by atoms with E-state index in [0.29, 0.717) is 13.1 Å². The maximum Gasteiger partial charge on any atom is 0.211 e. The molecule has 1 rings (SSSR count). The van der Waals surface area contributed by atoms with Crippen molar-refractivity contribution >= 4 is 10.0 Å². The maximum absolute atomic E-state index is 11.1. The lowest BCUT2D eigenvalue weighted by Crippen LogP contribution is -2.39. The summed E-state index contributed by atoms with van der Waals surface area (Å²) in [6.45, 7) is 1.08. The highest BCUT2D eigenvalue weighted by Crippen LogP contribution is 2.18. The largest absolute Gasteiger partial charge is 0.329 e. The van der Waals surface area contributed by atoms with Gasteiger partial charge in [-0.1, -0.05) is 0 Å². The van der Waals surface area contributed by atoms with Gasteiger partial charge in [0.15, 0.2) is 0 Å². The lowest BCUT2D eigenvalue weighted by Gasteiger charge is -2.19. The van der Waals surface area contributed by atoms with Gasteiger partial charge in [-0.15, -0.1) is 0 Å². The Morgan fingerprint density at radius 2 is 2.27 bits per heavy atom. The average molecular weight is 178 g/mol. The molecule has 1 aliphatic rings. The summed E-state index contributed by atoms with van der Waals surface area (Å²) in [4.78, 5) is 0. The molecule has 0 aromatic heterocycles. The topological polar surface area (TPSA) is 63.4 Å². The summed E-state index contributed by atoms with van der Waals surface area (Å²) in [5.74, 6) is 0. The second-order valence-electron chi connectivity index (χ2n) is 2.91. The van der Waals surface area contributed by atoms with Gasteiger partial charge in [0.2, 0.25) is 10.0 Å². The van der Waals surface area contributed by atoms with Crippen LogP contribution >= 0.6 is 0 Å². The Balaban J connectivity index is 2.72. The molecule has 0 aliphatic carbocycles. The third-order valence-corrected chi connectivity index (χ3v) is 3.35. The van der Waals surface area contributed by atoms with Crippen LogP contribution < -0.4 is 5.73 Å². The van der Waals surface area contributed by atoms with E-state index in [4.69, 9.17) is 5.73 Å². The fourth-order valence-electron chi connectivity index (χ4n) is 1.48. The molecular weight excluding hydrogens is 164 g/mol. The Morgan fingerprint density at radius 1 is 1.64 bits per heavy atom. The molecule has 0 amide bonds. The summed E-state index contributed by atoms with van der Waals surface area (Å²) in [6.07, 6.45) is 3.08. The highest BCUT2D eigenvalue weighted by Gasteiger charge is 2.29. The molecule has 1 saturated heterocycles. The van der Waals surface area contributed by atoms with Gasteiger partial charge >= 0.3 is 0 Å². The number of sulfonamides is 1. The number of hydrogen-bond acceptors (Lipinski definition) is 3. The standard InChI is InChI=1S/C6H14N2O2S/c1-11(9,10)8-4-2-3-6(8)5-7/h6H,2-5,7H2,1H3/t6-/m0/s1. The van der Waals surface area contributed by atoms with Crippen LogP contribution in [0.15, 0.2) is 0 Å². The van der Waals surface area contributed by atoms with Crippen LogP contribution in [0, 0.1) is 0 Å². The molecule has 11 heavy (non-hydrogen) atoms. The zero-order valence-electron chi connectivity index (χ0n) is 6.66. The fraction of sp³-hybridized carbons (Fsp3) is 1.00. The van der Waals surface area contributed by atoms with E-state index < -0.39 is 10.0 Å². The molecule has 0 saturated carbocycles. The van der Waals surface area contributed by atoms with Crippen LogP contribution in [0.25, 0.3) is 0 Å². The third kappa shape index (κ3) is 1.91. The Morgan fingerprint density at radius 3 is 2.64 bits per heavy atom. The Bertz CT molecular complexity index is 225. The van der Waals surface area contributed by atoms with E-state index in [1.807, 2.05) is 0 Å². The van der Waals surface area contributed by atoms with E-state index in [2.05, 4.69) is 0 Å². The summed E-state index contributed by atoms with van der Waals surface area (Å²) in [6, 6.07) is 0.0463. The van der Waals surface area contributed by atoms with Gasteiger partial charge in [0.1, 0.15) is 0 Å². The molecule has 0 radical (unpaired) electrons. The Kier molecular flexibility index (Phi) is 2.51. The number of nitrogens with two attached hydrogens (primary N) is 1. The minimum Gasteiger partial charge on any atom is -0.329 e. The van der Waals surface area contributed by atoms with E-state index in [9.17, 15) is 8.42 Å². The summed E-state index contributed by atoms with van der Waals surface area (Å²) >= 11 is 0. The smallest absolute Gasteiger partial charge is 0.211 e. The molecular formula is C6H14N2O2S. The average Bonchev–Trinajstić information content (AvgIpc) is 2.31. The number of hydrogen-bond donors (Lipinski definition) is 1. The maximum atomic E-state index is 11.1. The van der Waals surface area contributed by atoms with E-state index in [0.717, 1.165) is 12.8 Å². The highest BCUT2D eigenvalue weighted by atomic mass is 32.2. The molecule has 0 bridgehead atoms. The van der Waals surface area contributed by atoms with Gasteiger partial charge < -0.3 is 5.73 Å². The van der Waals surface area contributed by atoms with Crippen molar-refractivity contribution in [2.24, 2.45) is 5.73 Å². The van der Waals surface area contributed by atoms with Crippen LogP contribution in [-0.4, -0.2) is 38.1 Å². The third-order valence-electron chi connectivity index (χ3n) is 2.02. The van der Waals surface area contributed by atoms with Crippen molar-refractivity contribution in [3.63, 3.8) is 0 Å². The van der Waals surface area contributed by atoms with Crippen molar-refractivity contribution < 1.29 is 8.42 Å². The first-order chi connectivity index (χ1) is 5.05. The number of nitrogens with zero attached hydrogens (tertiary/aromatic N) is 1. The minimum atomic E-state index is -3.01. The van der Waals surface area contributed by atoms with Crippen molar-refractivity contribution in [3.8, 4) is 0 Å². The van der Waals surface area contributed by atoms with Crippen LogP contribution in [0.1, 0.15) is 12.8 Å². The SMILES string of the molecule is CS(=O)(=O)N1CCC[C@H]1CN. The van der Waals surface area contributed by atoms with E-state index in [1.165, 1.54) is 10.6 Å². The summed E-state index contributed by atoms with van der Waals surface area (Å²) in [7, 11) is -3.01. The molecule has 1 atom stereocenters.